The average Bonchev–Trinajstić information content (AvgIpc) is 2.31. The first-order valence-corrected chi connectivity index (χ1v) is 4.71. The Morgan fingerprint density at radius 2 is 2.25 bits per heavy atom. The van der Waals surface area contributed by atoms with Crippen molar-refractivity contribution in [1.29, 1.82) is 5.26 Å². The lowest BCUT2D eigenvalue weighted by atomic mass is 10.0. The summed E-state index contributed by atoms with van der Waals surface area (Å²) >= 11 is 0. The maximum atomic E-state index is 8.69. The van der Waals surface area contributed by atoms with Gasteiger partial charge in [0.2, 0.25) is 0 Å². The largest absolute Gasteiger partial charge is 0.297 e. The van der Waals surface area contributed by atoms with E-state index in [1.165, 1.54) is 19.4 Å². The Labute approximate surface area is 75.2 Å². The lowest BCUT2D eigenvalue weighted by Gasteiger charge is -2.32. The minimum absolute atomic E-state index is 0.169. The third-order valence-corrected chi connectivity index (χ3v) is 2.79. The van der Waals surface area contributed by atoms with E-state index in [2.05, 4.69) is 24.8 Å². The molecule has 0 saturated carbocycles. The van der Waals surface area contributed by atoms with E-state index in [4.69, 9.17) is 5.26 Å². The lowest BCUT2D eigenvalue weighted by molar-refractivity contribution is 0.163. The Morgan fingerprint density at radius 1 is 1.58 bits per heavy atom. The molecule has 0 aromatic rings. The second-order valence-corrected chi connectivity index (χ2v) is 4.39. The number of nitriles is 1. The van der Waals surface area contributed by atoms with Gasteiger partial charge in [-0.3, -0.25) is 4.90 Å². The second kappa shape index (κ2) is 3.45. The van der Waals surface area contributed by atoms with Crippen molar-refractivity contribution in [1.82, 2.24) is 4.90 Å². The van der Waals surface area contributed by atoms with E-state index < -0.39 is 0 Å². The van der Waals surface area contributed by atoms with Gasteiger partial charge in [-0.05, 0) is 40.2 Å². The lowest BCUT2D eigenvalue weighted by Crippen LogP contribution is -2.40. The maximum Gasteiger partial charge on any atom is 0.0666 e. The van der Waals surface area contributed by atoms with Crippen molar-refractivity contribution < 1.29 is 0 Å². The minimum atomic E-state index is 0.169. The highest BCUT2D eigenvalue weighted by molar-refractivity contribution is 4.91. The van der Waals surface area contributed by atoms with Crippen LogP contribution in [0.25, 0.3) is 0 Å². The van der Waals surface area contributed by atoms with Crippen LogP contribution in [0.5, 0.6) is 0 Å². The molecule has 0 amide bonds. The van der Waals surface area contributed by atoms with Crippen LogP contribution >= 0.6 is 0 Å². The van der Waals surface area contributed by atoms with Crippen molar-refractivity contribution in [2.45, 2.75) is 39.2 Å². The van der Waals surface area contributed by atoms with Crippen LogP contribution in [0.4, 0.5) is 0 Å². The minimum Gasteiger partial charge on any atom is -0.297 e. The summed E-state index contributed by atoms with van der Waals surface area (Å²) in [7, 11) is 0. The molecule has 1 fully saturated rings. The van der Waals surface area contributed by atoms with Crippen LogP contribution in [0.3, 0.4) is 0 Å². The summed E-state index contributed by atoms with van der Waals surface area (Å²) in [5.41, 5.74) is 0.325. The highest BCUT2D eigenvalue weighted by Crippen LogP contribution is 2.28. The van der Waals surface area contributed by atoms with Gasteiger partial charge in [-0.1, -0.05) is 0 Å². The maximum absolute atomic E-state index is 8.69. The number of rotatable bonds is 2. The number of hydrogen-bond acceptors (Lipinski definition) is 2. The van der Waals surface area contributed by atoms with Crippen molar-refractivity contribution in [2.75, 3.05) is 13.1 Å². The number of likely N-dealkylation sites (tertiary alicyclic amines) is 1. The van der Waals surface area contributed by atoms with Gasteiger partial charge in [-0.25, -0.2) is 0 Å². The van der Waals surface area contributed by atoms with Crippen molar-refractivity contribution in [3.05, 3.63) is 0 Å². The predicted octanol–water partition coefficient (Wildman–Crippen LogP) is 2.02. The summed E-state index contributed by atoms with van der Waals surface area (Å²) < 4.78 is 0. The molecule has 2 nitrogen and oxygen atoms in total. The van der Waals surface area contributed by atoms with E-state index in [0.717, 1.165) is 6.54 Å². The molecular weight excluding hydrogens is 148 g/mol. The predicted molar refractivity (Wildman–Crippen MR) is 49.7 cm³/mol. The van der Waals surface area contributed by atoms with Gasteiger partial charge in [-0.2, -0.15) is 5.26 Å². The Hall–Kier alpha value is -0.550. The fourth-order valence-corrected chi connectivity index (χ4v) is 1.87. The normalized spacial score (nSPS) is 25.2. The molecule has 0 aliphatic carbocycles. The van der Waals surface area contributed by atoms with Gasteiger partial charge < -0.3 is 0 Å². The Balaban J connectivity index is 2.48. The Morgan fingerprint density at radius 3 is 2.67 bits per heavy atom. The second-order valence-electron chi connectivity index (χ2n) is 4.39. The van der Waals surface area contributed by atoms with Crippen molar-refractivity contribution in [2.24, 2.45) is 5.92 Å². The molecular formula is C10H18N2. The van der Waals surface area contributed by atoms with Gasteiger partial charge in [0.15, 0.2) is 0 Å². The van der Waals surface area contributed by atoms with E-state index in [1.54, 1.807) is 0 Å². The van der Waals surface area contributed by atoms with E-state index in [0.29, 0.717) is 5.54 Å². The summed E-state index contributed by atoms with van der Waals surface area (Å²) in [6.45, 7) is 8.63. The van der Waals surface area contributed by atoms with Crippen LogP contribution in [-0.2, 0) is 0 Å². The zero-order valence-electron chi connectivity index (χ0n) is 8.30. The molecule has 1 saturated heterocycles. The summed E-state index contributed by atoms with van der Waals surface area (Å²) in [5.74, 6) is 0.169. The third kappa shape index (κ3) is 1.98. The molecule has 1 rings (SSSR count). The highest BCUT2D eigenvalue weighted by atomic mass is 15.2. The molecule has 0 N–H and O–H groups in total. The Kier molecular flexibility index (Phi) is 2.74. The highest BCUT2D eigenvalue weighted by Gasteiger charge is 2.32. The fraction of sp³-hybridized carbons (Fsp3) is 0.900. The molecule has 0 aromatic carbocycles. The Bertz CT molecular complexity index is 191. The van der Waals surface area contributed by atoms with Gasteiger partial charge in [0, 0.05) is 12.1 Å². The fourth-order valence-electron chi connectivity index (χ4n) is 1.87. The molecule has 1 aliphatic rings. The van der Waals surface area contributed by atoms with Crippen LogP contribution in [-0.4, -0.2) is 23.5 Å². The first-order chi connectivity index (χ1) is 5.56. The summed E-state index contributed by atoms with van der Waals surface area (Å²) in [4.78, 5) is 2.43. The molecule has 12 heavy (non-hydrogen) atoms. The molecule has 1 unspecified atom stereocenters. The van der Waals surface area contributed by atoms with Crippen LogP contribution in [0.2, 0.25) is 0 Å². The summed E-state index contributed by atoms with van der Waals surface area (Å²) in [6.07, 6.45) is 2.55. The van der Waals surface area contributed by atoms with Crippen LogP contribution < -0.4 is 0 Å². The van der Waals surface area contributed by atoms with Crippen LogP contribution in [0.1, 0.15) is 33.6 Å². The molecule has 1 aliphatic heterocycles. The smallest absolute Gasteiger partial charge is 0.0666 e. The van der Waals surface area contributed by atoms with Gasteiger partial charge in [0.25, 0.3) is 0 Å². The average molecular weight is 166 g/mol. The third-order valence-electron chi connectivity index (χ3n) is 2.79. The molecule has 0 spiro atoms. The SMILES string of the molecule is CC(C#N)CN1CCCC1(C)C. The van der Waals surface area contributed by atoms with Gasteiger partial charge in [-0.15, -0.1) is 0 Å². The molecule has 68 valence electrons. The first-order valence-electron chi connectivity index (χ1n) is 4.71. The topological polar surface area (TPSA) is 27.0 Å². The first kappa shape index (κ1) is 9.54. The van der Waals surface area contributed by atoms with E-state index in [9.17, 15) is 0 Å². The standard InChI is InChI=1S/C10H18N2/c1-9(7-11)8-12-6-4-5-10(12,2)3/h9H,4-6,8H2,1-3H3. The quantitative estimate of drug-likeness (QED) is 0.627. The number of hydrogen-bond donors (Lipinski definition) is 0. The van der Waals surface area contributed by atoms with Gasteiger partial charge >= 0.3 is 0 Å². The van der Waals surface area contributed by atoms with Crippen molar-refractivity contribution in [3.63, 3.8) is 0 Å². The van der Waals surface area contributed by atoms with Crippen LogP contribution in [0, 0.1) is 17.2 Å². The van der Waals surface area contributed by atoms with Gasteiger partial charge in [0.05, 0.1) is 12.0 Å². The van der Waals surface area contributed by atoms with Crippen LogP contribution in [0.15, 0.2) is 0 Å². The summed E-state index contributed by atoms with van der Waals surface area (Å²) in [5, 5.41) is 8.69. The molecule has 1 heterocycles. The van der Waals surface area contributed by atoms with E-state index in [1.807, 2.05) is 6.92 Å². The van der Waals surface area contributed by atoms with E-state index >= 15 is 0 Å². The molecule has 0 aromatic heterocycles. The zero-order chi connectivity index (χ0) is 9.19. The zero-order valence-corrected chi connectivity index (χ0v) is 8.30. The number of nitrogens with zero attached hydrogens (tertiary/aromatic N) is 2. The van der Waals surface area contributed by atoms with Crippen molar-refractivity contribution >= 4 is 0 Å². The molecule has 0 bridgehead atoms. The summed E-state index contributed by atoms with van der Waals surface area (Å²) in [6, 6.07) is 2.29. The monoisotopic (exact) mass is 166 g/mol. The molecule has 2 heteroatoms. The van der Waals surface area contributed by atoms with Crippen molar-refractivity contribution in [3.8, 4) is 6.07 Å². The molecule has 0 radical (unpaired) electrons. The van der Waals surface area contributed by atoms with Gasteiger partial charge in [0.1, 0.15) is 0 Å². The molecule has 1 atom stereocenters. The van der Waals surface area contributed by atoms with E-state index in [-0.39, 0.29) is 5.92 Å².